The van der Waals surface area contributed by atoms with Crippen molar-refractivity contribution in [3.05, 3.63) is 108 Å². The van der Waals surface area contributed by atoms with Crippen molar-refractivity contribution in [1.29, 1.82) is 0 Å². The van der Waals surface area contributed by atoms with Crippen molar-refractivity contribution in [2.75, 3.05) is 0 Å². The number of amides is 2. The molecule has 0 aromatic heterocycles. The van der Waals surface area contributed by atoms with Gasteiger partial charge in [-0.3, -0.25) is 4.79 Å². The van der Waals surface area contributed by atoms with Gasteiger partial charge in [0.15, 0.2) is 0 Å². The molecule has 2 amide bonds. The van der Waals surface area contributed by atoms with E-state index in [2.05, 4.69) is 10.6 Å². The molecular formula is C22H20N2O3. The molecule has 0 unspecified atom stereocenters. The molecule has 0 aliphatic heterocycles. The zero-order valence-corrected chi connectivity index (χ0v) is 14.6. The second-order valence-corrected chi connectivity index (χ2v) is 6.07. The van der Waals surface area contributed by atoms with Gasteiger partial charge in [0.05, 0.1) is 12.1 Å². The van der Waals surface area contributed by atoms with Crippen LogP contribution in [0.25, 0.3) is 0 Å². The third-order valence-corrected chi connectivity index (χ3v) is 4.25. The second kappa shape index (κ2) is 8.67. The minimum absolute atomic E-state index is 0.266. The highest BCUT2D eigenvalue weighted by Gasteiger charge is 2.28. The van der Waals surface area contributed by atoms with Crippen LogP contribution in [-0.4, -0.2) is 17.1 Å². The molecule has 0 spiro atoms. The number of carbonyl (C=O) groups is 2. The van der Waals surface area contributed by atoms with Crippen LogP contribution in [0.1, 0.15) is 33.6 Å². The highest BCUT2D eigenvalue weighted by atomic mass is 16.4. The Labute approximate surface area is 157 Å². The molecule has 3 aromatic carbocycles. The van der Waals surface area contributed by atoms with Crippen LogP contribution < -0.4 is 10.6 Å². The Balaban J connectivity index is 1.99. The first kappa shape index (κ1) is 18.2. The van der Waals surface area contributed by atoms with Crippen LogP contribution in [0.4, 0.5) is 4.79 Å². The molecule has 0 bridgehead atoms. The first-order valence-corrected chi connectivity index (χ1v) is 8.60. The van der Waals surface area contributed by atoms with Crippen LogP contribution in [0.2, 0.25) is 0 Å². The molecule has 0 saturated heterocycles. The fraction of sp³-hybridized carbons (Fsp3) is 0.0909. The van der Waals surface area contributed by atoms with Gasteiger partial charge in [-0.05, 0) is 23.3 Å². The average molecular weight is 360 g/mol. The van der Waals surface area contributed by atoms with E-state index >= 15 is 0 Å². The van der Waals surface area contributed by atoms with Crippen LogP contribution in [0.15, 0.2) is 91.0 Å². The molecule has 0 saturated carbocycles. The summed E-state index contributed by atoms with van der Waals surface area (Å²) in [5, 5.41) is 14.9. The fourth-order valence-electron chi connectivity index (χ4n) is 2.99. The lowest BCUT2D eigenvalue weighted by Gasteiger charge is -2.29. The van der Waals surface area contributed by atoms with Crippen molar-refractivity contribution in [1.82, 2.24) is 10.6 Å². The van der Waals surface area contributed by atoms with Gasteiger partial charge in [0.2, 0.25) is 0 Å². The van der Waals surface area contributed by atoms with Gasteiger partial charge in [0.1, 0.15) is 0 Å². The fourth-order valence-corrected chi connectivity index (χ4v) is 2.99. The maximum Gasteiger partial charge on any atom is 0.405 e. The van der Waals surface area contributed by atoms with E-state index in [1.54, 1.807) is 24.3 Å². The predicted octanol–water partition coefficient (Wildman–Crippen LogP) is 4.17. The van der Waals surface area contributed by atoms with Crippen molar-refractivity contribution in [2.24, 2.45) is 0 Å². The Morgan fingerprint density at radius 3 is 1.48 bits per heavy atom. The molecule has 3 N–H and O–H groups in total. The number of benzene rings is 3. The number of hydrogen-bond donors (Lipinski definition) is 3. The Hall–Kier alpha value is -3.60. The van der Waals surface area contributed by atoms with Crippen LogP contribution in [0, 0.1) is 0 Å². The van der Waals surface area contributed by atoms with Gasteiger partial charge in [-0.1, -0.05) is 78.9 Å². The molecule has 0 radical (unpaired) electrons. The third-order valence-electron chi connectivity index (χ3n) is 4.25. The molecule has 5 heteroatoms. The monoisotopic (exact) mass is 360 g/mol. The summed E-state index contributed by atoms with van der Waals surface area (Å²) in [6, 6.07) is 26.2. The Bertz CT molecular complexity index is 883. The highest BCUT2D eigenvalue weighted by molar-refractivity contribution is 5.94. The normalized spacial score (nSPS) is 12.6. The van der Waals surface area contributed by atoms with Crippen molar-refractivity contribution < 1.29 is 14.7 Å². The molecule has 3 aromatic rings. The SMILES string of the molecule is O=C(O)N[C@@H](c1ccccc1)[C@H](NC(=O)c1ccccc1)c1ccccc1. The van der Waals surface area contributed by atoms with Gasteiger partial charge in [-0.25, -0.2) is 4.79 Å². The minimum atomic E-state index is -1.15. The van der Waals surface area contributed by atoms with E-state index in [1.165, 1.54) is 0 Å². The molecule has 3 rings (SSSR count). The van der Waals surface area contributed by atoms with Gasteiger partial charge in [0, 0.05) is 5.56 Å². The van der Waals surface area contributed by atoms with Crippen molar-refractivity contribution in [3.63, 3.8) is 0 Å². The van der Waals surface area contributed by atoms with E-state index in [1.807, 2.05) is 66.7 Å². The molecule has 2 atom stereocenters. The molecule has 5 nitrogen and oxygen atoms in total. The van der Waals surface area contributed by atoms with Gasteiger partial charge in [-0.15, -0.1) is 0 Å². The standard InChI is InChI=1S/C22H20N2O3/c25-21(18-14-8-3-9-15-18)23-19(16-10-4-1-5-11-16)20(24-22(26)27)17-12-6-2-7-13-17/h1-15,19-20,24H,(H,23,25)(H,26,27)/t19-,20+/m1/s1. The lowest BCUT2D eigenvalue weighted by atomic mass is 9.93. The van der Waals surface area contributed by atoms with E-state index in [0.29, 0.717) is 5.56 Å². The summed E-state index contributed by atoms with van der Waals surface area (Å²) in [5.41, 5.74) is 2.09. The second-order valence-electron chi connectivity index (χ2n) is 6.07. The first-order valence-electron chi connectivity index (χ1n) is 8.60. The number of carbonyl (C=O) groups excluding carboxylic acids is 1. The maximum absolute atomic E-state index is 12.8. The summed E-state index contributed by atoms with van der Waals surface area (Å²) < 4.78 is 0. The van der Waals surface area contributed by atoms with Crippen LogP contribution >= 0.6 is 0 Å². The van der Waals surface area contributed by atoms with Gasteiger partial charge >= 0.3 is 6.09 Å². The molecule has 0 fully saturated rings. The molecular weight excluding hydrogens is 340 g/mol. The topological polar surface area (TPSA) is 78.4 Å². The molecule has 27 heavy (non-hydrogen) atoms. The van der Waals surface area contributed by atoms with Crippen molar-refractivity contribution in [3.8, 4) is 0 Å². The molecule has 136 valence electrons. The first-order chi connectivity index (χ1) is 13.1. The zero-order chi connectivity index (χ0) is 19.1. The quantitative estimate of drug-likeness (QED) is 0.617. The zero-order valence-electron chi connectivity index (χ0n) is 14.6. The molecule has 0 heterocycles. The van der Waals surface area contributed by atoms with E-state index in [9.17, 15) is 14.7 Å². The molecule has 0 aliphatic carbocycles. The molecule has 0 aliphatic rings. The summed E-state index contributed by atoms with van der Waals surface area (Å²) in [6.07, 6.45) is -1.15. The number of nitrogens with one attached hydrogen (secondary N) is 2. The average Bonchev–Trinajstić information content (AvgIpc) is 2.72. The minimum Gasteiger partial charge on any atom is -0.465 e. The number of carboxylic acid groups (broad SMARTS) is 1. The Morgan fingerprint density at radius 1 is 0.630 bits per heavy atom. The smallest absolute Gasteiger partial charge is 0.405 e. The summed E-state index contributed by atoms with van der Waals surface area (Å²) in [5.74, 6) is -0.266. The number of hydrogen-bond acceptors (Lipinski definition) is 2. The lowest BCUT2D eigenvalue weighted by Crippen LogP contribution is -2.40. The highest BCUT2D eigenvalue weighted by Crippen LogP contribution is 2.29. The Kier molecular flexibility index (Phi) is 5.84. The summed E-state index contributed by atoms with van der Waals surface area (Å²) in [6.45, 7) is 0. The maximum atomic E-state index is 12.8. The van der Waals surface area contributed by atoms with Gasteiger partial charge < -0.3 is 15.7 Å². The summed E-state index contributed by atoms with van der Waals surface area (Å²) in [4.78, 5) is 24.2. The van der Waals surface area contributed by atoms with Crippen LogP contribution in [0.3, 0.4) is 0 Å². The third kappa shape index (κ3) is 4.73. The summed E-state index contributed by atoms with van der Waals surface area (Å²) in [7, 11) is 0. The van der Waals surface area contributed by atoms with E-state index < -0.39 is 18.2 Å². The van der Waals surface area contributed by atoms with E-state index in [-0.39, 0.29) is 5.91 Å². The van der Waals surface area contributed by atoms with E-state index in [4.69, 9.17) is 0 Å². The predicted molar refractivity (Wildman–Crippen MR) is 103 cm³/mol. The summed E-state index contributed by atoms with van der Waals surface area (Å²) >= 11 is 0. The van der Waals surface area contributed by atoms with Crippen molar-refractivity contribution >= 4 is 12.0 Å². The lowest BCUT2D eigenvalue weighted by molar-refractivity contribution is 0.0924. The van der Waals surface area contributed by atoms with E-state index in [0.717, 1.165) is 11.1 Å². The largest absolute Gasteiger partial charge is 0.465 e. The van der Waals surface area contributed by atoms with Crippen molar-refractivity contribution in [2.45, 2.75) is 12.1 Å². The van der Waals surface area contributed by atoms with Crippen LogP contribution in [0.5, 0.6) is 0 Å². The number of rotatable bonds is 6. The Morgan fingerprint density at radius 2 is 1.04 bits per heavy atom. The van der Waals surface area contributed by atoms with Crippen LogP contribution in [-0.2, 0) is 0 Å². The van der Waals surface area contributed by atoms with Gasteiger partial charge in [0.25, 0.3) is 5.91 Å². The van der Waals surface area contributed by atoms with Gasteiger partial charge in [-0.2, -0.15) is 0 Å².